The molecule has 6 heteroatoms. The summed E-state index contributed by atoms with van der Waals surface area (Å²) < 4.78 is 21.2. The van der Waals surface area contributed by atoms with Crippen LogP contribution in [0.4, 0.5) is 4.39 Å². The summed E-state index contributed by atoms with van der Waals surface area (Å²) in [5.74, 6) is -0.354. The Hall–Kier alpha value is -0.650. The molecule has 4 unspecified atom stereocenters. The summed E-state index contributed by atoms with van der Waals surface area (Å²) in [7, 11) is 0. The van der Waals surface area contributed by atoms with Gasteiger partial charge in [-0.15, -0.1) is 11.6 Å². The van der Waals surface area contributed by atoms with Crippen molar-refractivity contribution >= 4 is 11.6 Å². The predicted molar refractivity (Wildman–Crippen MR) is 64.4 cm³/mol. The molecule has 4 nitrogen and oxygen atoms in total. The lowest BCUT2D eigenvalue weighted by Gasteiger charge is -2.31. The maximum atomic E-state index is 14.0. The minimum Gasteiger partial charge on any atom is -0.392 e. The van der Waals surface area contributed by atoms with E-state index in [1.807, 2.05) is 10.7 Å². The highest BCUT2D eigenvalue weighted by Crippen LogP contribution is 2.37. The van der Waals surface area contributed by atoms with Crippen molar-refractivity contribution in [2.45, 2.75) is 49.6 Å². The third-order valence-electron chi connectivity index (χ3n) is 3.76. The Balaban J connectivity index is 1.83. The van der Waals surface area contributed by atoms with Crippen LogP contribution in [0.3, 0.4) is 0 Å². The molecule has 100 valence electrons. The molecule has 1 saturated carbocycles. The van der Waals surface area contributed by atoms with E-state index < -0.39 is 17.7 Å². The van der Waals surface area contributed by atoms with Crippen LogP contribution in [0.1, 0.15) is 30.1 Å². The van der Waals surface area contributed by atoms with Crippen molar-refractivity contribution in [3.05, 3.63) is 17.5 Å². The number of hydrogen-bond donors (Lipinski definition) is 1. The Kier molecular flexibility index (Phi) is 3.30. The average molecular weight is 275 g/mol. The summed E-state index contributed by atoms with van der Waals surface area (Å²) in [4.78, 5) is 0. The number of hydrogen-bond acceptors (Lipinski definition) is 3. The van der Waals surface area contributed by atoms with Crippen LogP contribution < -0.4 is 0 Å². The number of aliphatic hydroxyl groups excluding tert-OH is 1. The lowest BCUT2D eigenvalue weighted by Crippen LogP contribution is -2.36. The first-order valence-electron chi connectivity index (χ1n) is 6.25. The Bertz CT molecular complexity index is 416. The molecule has 0 bridgehead atoms. The van der Waals surface area contributed by atoms with Gasteiger partial charge in [0.2, 0.25) is 0 Å². The van der Waals surface area contributed by atoms with Gasteiger partial charge in [0.05, 0.1) is 42.6 Å². The summed E-state index contributed by atoms with van der Waals surface area (Å²) in [6, 6.07) is 1.89. The molecule has 0 radical (unpaired) electrons. The number of ether oxygens (including phenoxy) is 1. The number of nitrogens with zero attached hydrogens (tertiary/aromatic N) is 2. The highest BCUT2D eigenvalue weighted by atomic mass is 35.5. The molecule has 1 aromatic heterocycles. The van der Waals surface area contributed by atoms with Crippen LogP contribution in [0.25, 0.3) is 0 Å². The minimum atomic E-state index is -1.03. The van der Waals surface area contributed by atoms with Gasteiger partial charge >= 0.3 is 0 Å². The van der Waals surface area contributed by atoms with E-state index in [2.05, 4.69) is 5.10 Å². The van der Waals surface area contributed by atoms with Gasteiger partial charge in [0, 0.05) is 5.92 Å². The standard InChI is InChI=1S/C12H16ClFN2O2/c13-9-5-10(14)8(4-12(9)17)11-3-7-6-18-2-1-16(7)15-11/h3,8-10,12,17H,1-2,4-6H2. The van der Waals surface area contributed by atoms with Gasteiger partial charge in [-0.1, -0.05) is 0 Å². The van der Waals surface area contributed by atoms with Crippen molar-refractivity contribution in [3.8, 4) is 0 Å². The number of alkyl halides is 2. The normalized spacial score (nSPS) is 36.4. The van der Waals surface area contributed by atoms with Gasteiger partial charge in [0.1, 0.15) is 6.17 Å². The third-order valence-corrected chi connectivity index (χ3v) is 4.23. The number of aliphatic hydroxyl groups is 1. The fourth-order valence-corrected chi connectivity index (χ4v) is 2.97. The summed E-state index contributed by atoms with van der Waals surface area (Å²) >= 11 is 5.88. The van der Waals surface area contributed by atoms with Gasteiger partial charge in [0.15, 0.2) is 0 Å². The van der Waals surface area contributed by atoms with E-state index in [9.17, 15) is 9.50 Å². The second kappa shape index (κ2) is 4.79. The zero-order valence-electron chi connectivity index (χ0n) is 9.93. The van der Waals surface area contributed by atoms with Crippen molar-refractivity contribution < 1.29 is 14.2 Å². The minimum absolute atomic E-state index is 0.187. The van der Waals surface area contributed by atoms with Crippen molar-refractivity contribution in [3.63, 3.8) is 0 Å². The zero-order chi connectivity index (χ0) is 12.7. The van der Waals surface area contributed by atoms with Gasteiger partial charge in [0.25, 0.3) is 0 Å². The fraction of sp³-hybridized carbons (Fsp3) is 0.750. The molecule has 0 spiro atoms. The largest absolute Gasteiger partial charge is 0.392 e. The molecule has 1 N–H and O–H groups in total. The Morgan fingerprint density at radius 2 is 2.33 bits per heavy atom. The maximum Gasteiger partial charge on any atom is 0.110 e. The summed E-state index contributed by atoms with van der Waals surface area (Å²) in [5, 5.41) is 13.7. The third kappa shape index (κ3) is 2.15. The lowest BCUT2D eigenvalue weighted by molar-refractivity contribution is 0.0770. The Morgan fingerprint density at radius 3 is 3.11 bits per heavy atom. The van der Waals surface area contributed by atoms with Gasteiger partial charge < -0.3 is 9.84 Å². The van der Waals surface area contributed by atoms with E-state index in [4.69, 9.17) is 16.3 Å². The van der Waals surface area contributed by atoms with Gasteiger partial charge in [-0.2, -0.15) is 5.10 Å². The first kappa shape index (κ1) is 12.4. The smallest absolute Gasteiger partial charge is 0.110 e. The summed E-state index contributed by atoms with van der Waals surface area (Å²) in [6.45, 7) is 1.88. The molecule has 0 aromatic carbocycles. The van der Waals surface area contributed by atoms with E-state index in [0.717, 1.165) is 5.69 Å². The number of aromatic nitrogens is 2. The first-order valence-corrected chi connectivity index (χ1v) is 6.69. The second-order valence-electron chi connectivity index (χ2n) is 5.01. The van der Waals surface area contributed by atoms with Gasteiger partial charge in [-0.3, -0.25) is 4.68 Å². The Morgan fingerprint density at radius 1 is 1.50 bits per heavy atom. The van der Waals surface area contributed by atoms with Crippen molar-refractivity contribution in [2.24, 2.45) is 0 Å². The Labute approximate surface area is 110 Å². The van der Waals surface area contributed by atoms with E-state index >= 15 is 0 Å². The predicted octanol–water partition coefficient (Wildman–Crippen LogP) is 1.60. The molecule has 1 aliphatic carbocycles. The number of halogens is 2. The van der Waals surface area contributed by atoms with Crippen molar-refractivity contribution in [1.29, 1.82) is 0 Å². The van der Waals surface area contributed by atoms with Crippen LogP contribution in [0.15, 0.2) is 6.07 Å². The van der Waals surface area contributed by atoms with Crippen LogP contribution in [-0.4, -0.2) is 39.1 Å². The number of rotatable bonds is 1. The second-order valence-corrected chi connectivity index (χ2v) is 5.57. The molecule has 1 aromatic rings. The topological polar surface area (TPSA) is 47.3 Å². The molecule has 4 atom stereocenters. The van der Waals surface area contributed by atoms with E-state index in [0.29, 0.717) is 31.9 Å². The van der Waals surface area contributed by atoms with Crippen molar-refractivity contribution in [1.82, 2.24) is 9.78 Å². The quantitative estimate of drug-likeness (QED) is 0.792. The van der Waals surface area contributed by atoms with Crippen LogP contribution in [-0.2, 0) is 17.9 Å². The van der Waals surface area contributed by atoms with Crippen LogP contribution in [0.5, 0.6) is 0 Å². The van der Waals surface area contributed by atoms with Crippen LogP contribution in [0.2, 0.25) is 0 Å². The lowest BCUT2D eigenvalue weighted by atomic mass is 9.83. The molecule has 3 rings (SSSR count). The van der Waals surface area contributed by atoms with E-state index in [-0.39, 0.29) is 12.3 Å². The average Bonchev–Trinajstić information content (AvgIpc) is 2.77. The molecule has 1 fully saturated rings. The zero-order valence-corrected chi connectivity index (χ0v) is 10.7. The van der Waals surface area contributed by atoms with Gasteiger partial charge in [-0.05, 0) is 18.9 Å². The highest BCUT2D eigenvalue weighted by Gasteiger charge is 2.38. The van der Waals surface area contributed by atoms with E-state index in [1.54, 1.807) is 0 Å². The first-order chi connectivity index (χ1) is 8.65. The molecule has 2 heterocycles. The highest BCUT2D eigenvalue weighted by molar-refractivity contribution is 6.21. The van der Waals surface area contributed by atoms with Crippen LogP contribution in [0, 0.1) is 0 Å². The van der Waals surface area contributed by atoms with E-state index in [1.165, 1.54) is 0 Å². The molecular weight excluding hydrogens is 259 g/mol. The SMILES string of the molecule is OC1CC(c2cc3n(n2)CCOC3)C(F)CC1Cl. The van der Waals surface area contributed by atoms with Gasteiger partial charge in [-0.25, -0.2) is 4.39 Å². The molecule has 0 amide bonds. The summed E-state index contributed by atoms with van der Waals surface area (Å²) in [5.41, 5.74) is 1.69. The molecule has 18 heavy (non-hydrogen) atoms. The van der Waals surface area contributed by atoms with Crippen molar-refractivity contribution in [2.75, 3.05) is 6.61 Å². The molecule has 0 saturated heterocycles. The molecule has 2 aliphatic rings. The summed E-state index contributed by atoms with van der Waals surface area (Å²) in [6.07, 6.45) is -1.16. The molecular formula is C12H16ClFN2O2. The fourth-order valence-electron chi connectivity index (χ4n) is 2.69. The number of fused-ring (bicyclic) bond motifs is 1. The maximum absolute atomic E-state index is 14.0. The molecule has 1 aliphatic heterocycles. The monoisotopic (exact) mass is 274 g/mol. The van der Waals surface area contributed by atoms with Crippen LogP contribution >= 0.6 is 11.6 Å².